The van der Waals surface area contributed by atoms with Gasteiger partial charge in [-0.1, -0.05) is 6.92 Å². The Hall–Kier alpha value is -0.900. The molecular weight excluding hydrogens is 413 g/mol. The minimum atomic E-state index is -0.0674. The third-order valence-electron chi connectivity index (χ3n) is 2.68. The maximum atomic E-state index is 11.4. The molecule has 1 amide bonds. The van der Waals surface area contributed by atoms with Crippen molar-refractivity contribution in [2.75, 3.05) is 26.2 Å². The Morgan fingerprint density at radius 3 is 2.55 bits per heavy atom. The van der Waals surface area contributed by atoms with E-state index in [1.54, 1.807) is 11.3 Å². The van der Waals surface area contributed by atoms with Crippen molar-refractivity contribution >= 4 is 47.2 Å². The van der Waals surface area contributed by atoms with Gasteiger partial charge in [0.05, 0.1) is 5.01 Å². The quantitative estimate of drug-likeness (QED) is 0.327. The molecule has 0 unspecified atom stereocenters. The maximum absolute atomic E-state index is 11.4. The summed E-state index contributed by atoms with van der Waals surface area (Å²) in [5, 5.41) is 10.2. The lowest BCUT2D eigenvalue weighted by Crippen LogP contribution is -2.39. The van der Waals surface area contributed by atoms with E-state index in [4.69, 9.17) is 0 Å². The van der Waals surface area contributed by atoms with Crippen molar-refractivity contribution in [3.8, 4) is 0 Å². The number of guanidine groups is 1. The van der Waals surface area contributed by atoms with Crippen LogP contribution >= 0.6 is 35.3 Å². The first-order valence-corrected chi connectivity index (χ1v) is 8.23. The summed E-state index contributed by atoms with van der Waals surface area (Å²) >= 11 is 1.75. The summed E-state index contributed by atoms with van der Waals surface area (Å²) in [5.74, 6) is 0.596. The molecule has 1 heterocycles. The number of carbonyl (C=O) groups is 1. The van der Waals surface area contributed by atoms with Gasteiger partial charge in [0, 0.05) is 37.1 Å². The number of halogens is 1. The molecule has 0 radical (unpaired) electrons. The minimum absolute atomic E-state index is 0. The summed E-state index contributed by atoms with van der Waals surface area (Å²) in [4.78, 5) is 21.3. The van der Waals surface area contributed by atoms with E-state index in [1.807, 2.05) is 20.0 Å². The van der Waals surface area contributed by atoms with Crippen LogP contribution in [0.2, 0.25) is 0 Å². The molecule has 0 fully saturated rings. The summed E-state index contributed by atoms with van der Waals surface area (Å²) in [6.07, 6.45) is 3.83. The van der Waals surface area contributed by atoms with Crippen LogP contribution < -0.4 is 16.0 Å². The van der Waals surface area contributed by atoms with Gasteiger partial charge in [-0.05, 0) is 20.3 Å². The number of hydrogen-bond acceptors (Lipinski definition) is 4. The van der Waals surface area contributed by atoms with Gasteiger partial charge in [-0.2, -0.15) is 0 Å². The second-order valence-electron chi connectivity index (χ2n) is 4.40. The number of nitrogens with zero attached hydrogens (tertiary/aromatic N) is 2. The summed E-state index contributed by atoms with van der Waals surface area (Å²) in [6.45, 7) is 8.30. The monoisotopic (exact) mass is 439 g/mol. The van der Waals surface area contributed by atoms with Gasteiger partial charge in [-0.3, -0.25) is 4.79 Å². The third-order valence-corrected chi connectivity index (χ3v) is 3.88. The fourth-order valence-electron chi connectivity index (χ4n) is 1.66. The lowest BCUT2D eigenvalue weighted by atomic mass is 10.4. The topological polar surface area (TPSA) is 78.4 Å². The molecule has 1 rings (SSSR count). The van der Waals surface area contributed by atoms with E-state index in [1.165, 1.54) is 4.88 Å². The lowest BCUT2D eigenvalue weighted by molar-refractivity contribution is -0.119. The normalized spacial score (nSPS) is 10.8. The number of carbonyl (C=O) groups excluding carboxylic acids is 1. The number of thiazole rings is 1. The molecule has 8 heteroatoms. The number of aryl methyl sites for hydroxylation is 1. The molecule has 0 saturated heterocycles. The van der Waals surface area contributed by atoms with E-state index in [2.05, 4.69) is 32.9 Å². The highest BCUT2D eigenvalue weighted by atomic mass is 127. The second-order valence-corrected chi connectivity index (χ2v) is 5.60. The SMILES string of the molecule is CCNC(=O)CN=C(NCC)NCCc1ncc(CC)s1.I. The zero-order valence-corrected chi connectivity index (χ0v) is 16.6. The number of hydrogen-bond donors (Lipinski definition) is 3. The molecule has 3 N–H and O–H groups in total. The Morgan fingerprint density at radius 1 is 1.23 bits per heavy atom. The number of rotatable bonds is 8. The van der Waals surface area contributed by atoms with Gasteiger partial charge in [0.2, 0.25) is 5.91 Å². The lowest BCUT2D eigenvalue weighted by Gasteiger charge is -2.10. The number of aliphatic imine (C=N–C) groups is 1. The molecule has 0 bridgehead atoms. The highest BCUT2D eigenvalue weighted by Gasteiger charge is 2.03. The van der Waals surface area contributed by atoms with Crippen LogP contribution in [-0.2, 0) is 17.6 Å². The fraction of sp³-hybridized carbons (Fsp3) is 0.643. The van der Waals surface area contributed by atoms with Gasteiger partial charge in [-0.25, -0.2) is 9.98 Å². The van der Waals surface area contributed by atoms with Crippen molar-refractivity contribution < 1.29 is 4.79 Å². The molecule has 6 nitrogen and oxygen atoms in total. The maximum Gasteiger partial charge on any atom is 0.241 e. The molecule has 22 heavy (non-hydrogen) atoms. The van der Waals surface area contributed by atoms with Crippen LogP contribution in [0.25, 0.3) is 0 Å². The first-order chi connectivity index (χ1) is 10.2. The van der Waals surface area contributed by atoms with Crippen molar-refractivity contribution in [2.24, 2.45) is 4.99 Å². The van der Waals surface area contributed by atoms with Crippen LogP contribution in [-0.4, -0.2) is 43.0 Å². The highest BCUT2D eigenvalue weighted by molar-refractivity contribution is 14.0. The molecule has 1 aromatic heterocycles. The van der Waals surface area contributed by atoms with E-state index in [0.717, 1.165) is 30.9 Å². The van der Waals surface area contributed by atoms with Crippen LogP contribution in [0.15, 0.2) is 11.2 Å². The standard InChI is InChI=1S/C14H25N5OS.HI/c1-4-11-9-18-13(21-11)7-8-17-14(16-6-3)19-10-12(20)15-5-2;/h9H,4-8,10H2,1-3H3,(H,15,20)(H2,16,17,19);1H. The van der Waals surface area contributed by atoms with E-state index in [-0.39, 0.29) is 36.4 Å². The molecule has 0 spiro atoms. The van der Waals surface area contributed by atoms with Gasteiger partial charge >= 0.3 is 0 Å². The smallest absolute Gasteiger partial charge is 0.241 e. The van der Waals surface area contributed by atoms with E-state index in [0.29, 0.717) is 12.5 Å². The van der Waals surface area contributed by atoms with E-state index >= 15 is 0 Å². The van der Waals surface area contributed by atoms with E-state index < -0.39 is 0 Å². The zero-order valence-electron chi connectivity index (χ0n) is 13.4. The van der Waals surface area contributed by atoms with Crippen LogP contribution in [0.5, 0.6) is 0 Å². The molecule has 0 atom stereocenters. The van der Waals surface area contributed by atoms with E-state index in [9.17, 15) is 4.79 Å². The van der Waals surface area contributed by atoms with Gasteiger partial charge in [0.25, 0.3) is 0 Å². The molecule has 126 valence electrons. The predicted molar refractivity (Wildman–Crippen MR) is 103 cm³/mol. The summed E-state index contributed by atoms with van der Waals surface area (Å²) in [6, 6.07) is 0. The van der Waals surface area contributed by atoms with Gasteiger partial charge in [0.1, 0.15) is 6.54 Å². The van der Waals surface area contributed by atoms with Gasteiger partial charge in [-0.15, -0.1) is 35.3 Å². The molecule has 0 aromatic carbocycles. The Balaban J connectivity index is 0.00000441. The molecule has 0 aliphatic rings. The molecular formula is C14H26IN5OS. The summed E-state index contributed by atoms with van der Waals surface area (Å²) < 4.78 is 0. The van der Waals surface area contributed by atoms with Crippen LogP contribution in [0, 0.1) is 0 Å². The van der Waals surface area contributed by atoms with Crippen molar-refractivity contribution in [3.63, 3.8) is 0 Å². The first-order valence-electron chi connectivity index (χ1n) is 7.42. The molecule has 1 aromatic rings. The molecule has 0 aliphatic carbocycles. The van der Waals surface area contributed by atoms with Crippen molar-refractivity contribution in [2.45, 2.75) is 33.6 Å². The minimum Gasteiger partial charge on any atom is -0.357 e. The highest BCUT2D eigenvalue weighted by Crippen LogP contribution is 2.13. The molecule has 0 saturated carbocycles. The van der Waals surface area contributed by atoms with Crippen molar-refractivity contribution in [1.82, 2.24) is 20.9 Å². The molecule has 0 aliphatic heterocycles. The van der Waals surface area contributed by atoms with Gasteiger partial charge < -0.3 is 16.0 Å². The van der Waals surface area contributed by atoms with Crippen molar-refractivity contribution in [1.29, 1.82) is 0 Å². The number of likely N-dealkylation sites (N-methyl/N-ethyl adjacent to an activating group) is 1. The average molecular weight is 439 g/mol. The number of nitrogens with one attached hydrogen (secondary N) is 3. The predicted octanol–water partition coefficient (Wildman–Crippen LogP) is 1.56. The summed E-state index contributed by atoms with van der Waals surface area (Å²) in [5.41, 5.74) is 0. The Morgan fingerprint density at radius 2 is 1.95 bits per heavy atom. The van der Waals surface area contributed by atoms with Gasteiger partial charge in [0.15, 0.2) is 5.96 Å². The Kier molecular flexibility index (Phi) is 12.1. The Labute approximate surface area is 153 Å². The Bertz CT molecular complexity index is 464. The number of amides is 1. The summed E-state index contributed by atoms with van der Waals surface area (Å²) in [7, 11) is 0. The zero-order chi connectivity index (χ0) is 15.5. The number of aromatic nitrogens is 1. The van der Waals surface area contributed by atoms with Crippen LogP contribution in [0.4, 0.5) is 0 Å². The largest absolute Gasteiger partial charge is 0.357 e. The van der Waals surface area contributed by atoms with Crippen molar-refractivity contribution in [3.05, 3.63) is 16.1 Å². The average Bonchev–Trinajstić information content (AvgIpc) is 2.93. The van der Waals surface area contributed by atoms with Crippen LogP contribution in [0.1, 0.15) is 30.7 Å². The first kappa shape index (κ1) is 21.1. The second kappa shape index (κ2) is 12.6. The fourth-order valence-corrected chi connectivity index (χ4v) is 2.52. The van der Waals surface area contributed by atoms with Crippen LogP contribution in [0.3, 0.4) is 0 Å². The third kappa shape index (κ3) is 8.52.